The van der Waals surface area contributed by atoms with Gasteiger partial charge >= 0.3 is 0 Å². The maximum absolute atomic E-state index is 12.8. The lowest BCUT2D eigenvalue weighted by Crippen LogP contribution is -2.40. The van der Waals surface area contributed by atoms with Crippen LogP contribution in [0.15, 0.2) is 34.2 Å². The topological polar surface area (TPSA) is 83.0 Å². The largest absolute Gasteiger partial charge is 0.376 e. The predicted octanol–water partition coefficient (Wildman–Crippen LogP) is 2.32. The first-order chi connectivity index (χ1) is 13.1. The molecule has 0 bridgehead atoms. The summed E-state index contributed by atoms with van der Waals surface area (Å²) in [5.74, 6) is 0.690. The molecule has 9 heteroatoms. The quantitative estimate of drug-likeness (QED) is 0.341. The second kappa shape index (κ2) is 11.3. The zero-order valence-electron chi connectivity index (χ0n) is 16.4. The van der Waals surface area contributed by atoms with Gasteiger partial charge in [-0.15, -0.1) is 24.0 Å². The summed E-state index contributed by atoms with van der Waals surface area (Å²) in [5, 5.41) is 6.51. The van der Waals surface area contributed by atoms with Crippen molar-refractivity contribution < 1.29 is 13.2 Å². The lowest BCUT2D eigenvalue weighted by Gasteiger charge is -2.26. The molecule has 158 valence electrons. The average Bonchev–Trinajstić information content (AvgIpc) is 3.23. The number of sulfonamides is 1. The number of hydrogen-bond acceptors (Lipinski definition) is 4. The van der Waals surface area contributed by atoms with Crippen molar-refractivity contribution >= 4 is 40.0 Å². The molecule has 1 atom stereocenters. The summed E-state index contributed by atoms with van der Waals surface area (Å²) in [6.45, 7) is 3.30. The Bertz CT molecular complexity index is 745. The molecule has 0 radical (unpaired) electrons. The normalized spacial score (nSPS) is 21.2. The molecule has 2 aliphatic rings. The number of ether oxygens (including phenoxy) is 1. The molecule has 7 nitrogen and oxygen atoms in total. The molecular weight excluding hydrogens is 491 g/mol. The molecule has 2 N–H and O–H groups in total. The van der Waals surface area contributed by atoms with Gasteiger partial charge in [0.1, 0.15) is 0 Å². The summed E-state index contributed by atoms with van der Waals surface area (Å²) in [6.07, 6.45) is 5.40. The van der Waals surface area contributed by atoms with Crippen LogP contribution >= 0.6 is 24.0 Å². The van der Waals surface area contributed by atoms with Gasteiger partial charge in [-0.3, -0.25) is 4.99 Å². The fraction of sp³-hybridized carbons (Fsp3) is 0.632. The SMILES string of the molecule is CN=C(NCc1cccc(S(=O)(=O)N2CCCCC2)c1)NCC1CCCO1.I. The maximum Gasteiger partial charge on any atom is 0.243 e. The Kier molecular flexibility index (Phi) is 9.45. The maximum atomic E-state index is 12.8. The summed E-state index contributed by atoms with van der Waals surface area (Å²) >= 11 is 0. The smallest absolute Gasteiger partial charge is 0.243 e. The molecule has 28 heavy (non-hydrogen) atoms. The third-order valence-electron chi connectivity index (χ3n) is 5.06. The van der Waals surface area contributed by atoms with E-state index in [1.54, 1.807) is 29.6 Å². The molecule has 2 heterocycles. The van der Waals surface area contributed by atoms with E-state index in [-0.39, 0.29) is 30.1 Å². The molecule has 1 aromatic carbocycles. The van der Waals surface area contributed by atoms with Gasteiger partial charge < -0.3 is 15.4 Å². The summed E-state index contributed by atoms with van der Waals surface area (Å²) in [5.41, 5.74) is 0.910. The molecule has 0 aliphatic carbocycles. The van der Waals surface area contributed by atoms with E-state index in [2.05, 4.69) is 15.6 Å². The zero-order chi connectivity index (χ0) is 19.1. The van der Waals surface area contributed by atoms with Crippen molar-refractivity contribution in [1.29, 1.82) is 0 Å². The van der Waals surface area contributed by atoms with Gasteiger partial charge in [0.05, 0.1) is 11.0 Å². The van der Waals surface area contributed by atoms with E-state index in [1.165, 1.54) is 0 Å². The Labute approximate surface area is 185 Å². The van der Waals surface area contributed by atoms with E-state index < -0.39 is 10.0 Å². The second-order valence-corrected chi connectivity index (χ2v) is 8.99. The van der Waals surface area contributed by atoms with Crippen molar-refractivity contribution in [2.24, 2.45) is 4.99 Å². The van der Waals surface area contributed by atoms with Gasteiger partial charge in [0.2, 0.25) is 10.0 Å². The fourth-order valence-corrected chi connectivity index (χ4v) is 5.08. The molecule has 2 fully saturated rings. The molecule has 0 aromatic heterocycles. The predicted molar refractivity (Wildman–Crippen MR) is 122 cm³/mol. The van der Waals surface area contributed by atoms with E-state index in [9.17, 15) is 8.42 Å². The molecule has 2 saturated heterocycles. The number of halogens is 1. The van der Waals surface area contributed by atoms with Crippen LogP contribution < -0.4 is 10.6 Å². The van der Waals surface area contributed by atoms with Crippen molar-refractivity contribution in [3.63, 3.8) is 0 Å². The number of guanidine groups is 1. The monoisotopic (exact) mass is 522 g/mol. The first-order valence-electron chi connectivity index (χ1n) is 9.75. The van der Waals surface area contributed by atoms with Gasteiger partial charge in [-0.1, -0.05) is 18.6 Å². The van der Waals surface area contributed by atoms with E-state index in [1.807, 2.05) is 6.07 Å². The van der Waals surface area contributed by atoms with Crippen LogP contribution in [0.2, 0.25) is 0 Å². The number of nitrogens with zero attached hydrogens (tertiary/aromatic N) is 2. The first-order valence-corrected chi connectivity index (χ1v) is 11.2. The molecular formula is C19H31IN4O3S. The van der Waals surface area contributed by atoms with Gasteiger partial charge in [-0.25, -0.2) is 8.42 Å². The highest BCUT2D eigenvalue weighted by Crippen LogP contribution is 2.21. The second-order valence-electron chi connectivity index (χ2n) is 7.05. The lowest BCUT2D eigenvalue weighted by molar-refractivity contribution is 0.114. The minimum absolute atomic E-state index is 0. The Morgan fingerprint density at radius 1 is 1.21 bits per heavy atom. The number of aliphatic imine (C=N–C) groups is 1. The van der Waals surface area contributed by atoms with Crippen molar-refractivity contribution in [3.8, 4) is 0 Å². The van der Waals surface area contributed by atoms with Crippen molar-refractivity contribution in [1.82, 2.24) is 14.9 Å². The van der Waals surface area contributed by atoms with Crippen LogP contribution in [0, 0.1) is 0 Å². The fourth-order valence-electron chi connectivity index (χ4n) is 3.49. The summed E-state index contributed by atoms with van der Waals surface area (Å²) in [4.78, 5) is 4.59. The van der Waals surface area contributed by atoms with E-state index in [0.29, 0.717) is 30.5 Å². The Morgan fingerprint density at radius 3 is 2.68 bits per heavy atom. The summed E-state index contributed by atoms with van der Waals surface area (Å²) < 4.78 is 32.9. The molecule has 0 spiro atoms. The van der Waals surface area contributed by atoms with Crippen LogP contribution in [0.25, 0.3) is 0 Å². The number of hydrogen-bond donors (Lipinski definition) is 2. The molecule has 1 aromatic rings. The van der Waals surface area contributed by atoms with Gasteiger partial charge in [-0.2, -0.15) is 4.31 Å². The van der Waals surface area contributed by atoms with Crippen LogP contribution in [0.5, 0.6) is 0 Å². The molecule has 0 amide bonds. The highest BCUT2D eigenvalue weighted by molar-refractivity contribution is 14.0. The summed E-state index contributed by atoms with van der Waals surface area (Å²) in [6, 6.07) is 7.16. The number of benzene rings is 1. The Balaban J connectivity index is 0.00000280. The molecule has 0 saturated carbocycles. The van der Waals surface area contributed by atoms with Crippen LogP contribution in [0.1, 0.15) is 37.7 Å². The Hall–Kier alpha value is -0.910. The van der Waals surface area contributed by atoms with E-state index in [0.717, 1.165) is 50.8 Å². The van der Waals surface area contributed by atoms with Crippen molar-refractivity contribution in [2.45, 2.75) is 49.6 Å². The van der Waals surface area contributed by atoms with Crippen LogP contribution in [-0.4, -0.2) is 58.1 Å². The van der Waals surface area contributed by atoms with Crippen molar-refractivity contribution in [2.75, 3.05) is 33.3 Å². The highest BCUT2D eigenvalue weighted by Gasteiger charge is 2.25. The van der Waals surface area contributed by atoms with Gasteiger partial charge in [-0.05, 0) is 43.4 Å². The van der Waals surface area contributed by atoms with E-state index in [4.69, 9.17) is 4.74 Å². The third kappa shape index (κ3) is 6.30. The molecule has 1 unspecified atom stereocenters. The van der Waals surface area contributed by atoms with Gasteiger partial charge in [0.25, 0.3) is 0 Å². The van der Waals surface area contributed by atoms with Gasteiger partial charge in [0.15, 0.2) is 5.96 Å². The number of rotatable bonds is 6. The molecule has 2 aliphatic heterocycles. The number of piperidine rings is 1. The van der Waals surface area contributed by atoms with Crippen molar-refractivity contribution in [3.05, 3.63) is 29.8 Å². The van der Waals surface area contributed by atoms with Crippen LogP contribution in [0.4, 0.5) is 0 Å². The van der Waals surface area contributed by atoms with Crippen LogP contribution in [0.3, 0.4) is 0 Å². The lowest BCUT2D eigenvalue weighted by atomic mass is 10.2. The highest BCUT2D eigenvalue weighted by atomic mass is 127. The third-order valence-corrected chi connectivity index (χ3v) is 6.95. The zero-order valence-corrected chi connectivity index (χ0v) is 19.5. The molecule has 3 rings (SSSR count). The van der Waals surface area contributed by atoms with Gasteiger partial charge in [0, 0.05) is 39.8 Å². The van der Waals surface area contributed by atoms with Crippen LogP contribution in [-0.2, 0) is 21.3 Å². The first kappa shape index (κ1) is 23.4. The van der Waals surface area contributed by atoms with E-state index >= 15 is 0 Å². The minimum atomic E-state index is -3.41. The minimum Gasteiger partial charge on any atom is -0.376 e. The average molecular weight is 522 g/mol. The Morgan fingerprint density at radius 2 is 2.00 bits per heavy atom. The summed E-state index contributed by atoms with van der Waals surface area (Å²) in [7, 11) is -1.68. The standard InChI is InChI=1S/C19H30N4O3S.HI/c1-20-19(22-15-17-8-6-12-26-17)21-14-16-7-5-9-18(13-16)27(24,25)23-10-3-2-4-11-23;/h5,7,9,13,17H,2-4,6,8,10-12,14-15H2,1H3,(H2,20,21,22);1H. The number of nitrogens with one attached hydrogen (secondary N) is 2.